The van der Waals surface area contributed by atoms with Crippen LogP contribution >= 0.6 is 0 Å². The van der Waals surface area contributed by atoms with Crippen molar-refractivity contribution in [2.24, 2.45) is 0 Å². The molecule has 0 radical (unpaired) electrons. The summed E-state index contributed by atoms with van der Waals surface area (Å²) >= 11 is 0. The zero-order chi connectivity index (χ0) is 18.6. The van der Waals surface area contributed by atoms with Gasteiger partial charge in [-0.05, 0) is 25.0 Å². The smallest absolute Gasteiger partial charge is 0.328 e. The highest BCUT2D eigenvalue weighted by Gasteiger charge is 2.52. The van der Waals surface area contributed by atoms with Crippen LogP contribution in [0.5, 0.6) is 0 Å². The monoisotopic (exact) mass is 357 g/mol. The fourth-order valence-electron chi connectivity index (χ4n) is 3.78. The Hall–Kier alpha value is -3.23. The number of amides is 4. The SMILES string of the molecule is O=C(O)C1CCCN2C(=O)C[C@H](N3C(=O)c4ccccc4C3=O)C(=O)N12. The summed E-state index contributed by atoms with van der Waals surface area (Å²) in [6.45, 7) is 0.239. The Morgan fingerprint density at radius 2 is 1.65 bits per heavy atom. The molecule has 3 heterocycles. The normalized spacial score (nSPS) is 25.5. The van der Waals surface area contributed by atoms with Crippen LogP contribution in [0.2, 0.25) is 0 Å². The maximum absolute atomic E-state index is 13.0. The predicted molar refractivity (Wildman–Crippen MR) is 84.6 cm³/mol. The molecular weight excluding hydrogens is 342 g/mol. The van der Waals surface area contributed by atoms with Gasteiger partial charge in [0.2, 0.25) is 5.91 Å². The molecular formula is C17H15N3O6. The molecule has 2 fully saturated rings. The molecule has 4 rings (SSSR count). The van der Waals surface area contributed by atoms with E-state index in [9.17, 15) is 29.1 Å². The van der Waals surface area contributed by atoms with Gasteiger partial charge in [0.05, 0.1) is 17.5 Å². The number of carboxylic acid groups (broad SMARTS) is 1. The van der Waals surface area contributed by atoms with Gasteiger partial charge in [0.1, 0.15) is 6.04 Å². The number of aliphatic carboxylic acids is 1. The van der Waals surface area contributed by atoms with Crippen molar-refractivity contribution in [1.29, 1.82) is 0 Å². The van der Waals surface area contributed by atoms with E-state index >= 15 is 0 Å². The zero-order valence-electron chi connectivity index (χ0n) is 13.6. The fourth-order valence-corrected chi connectivity index (χ4v) is 3.78. The number of benzene rings is 1. The van der Waals surface area contributed by atoms with Gasteiger partial charge in [-0.15, -0.1) is 0 Å². The number of carbonyl (C=O) groups excluding carboxylic acids is 4. The quantitative estimate of drug-likeness (QED) is 0.738. The van der Waals surface area contributed by atoms with Gasteiger partial charge < -0.3 is 5.11 Å². The second-order valence-electron chi connectivity index (χ2n) is 6.44. The summed E-state index contributed by atoms with van der Waals surface area (Å²) in [7, 11) is 0. The summed E-state index contributed by atoms with van der Waals surface area (Å²) in [5, 5.41) is 11.4. The van der Waals surface area contributed by atoms with Crippen molar-refractivity contribution in [3.8, 4) is 0 Å². The van der Waals surface area contributed by atoms with Crippen molar-refractivity contribution in [3.05, 3.63) is 35.4 Å². The predicted octanol–water partition coefficient (Wildman–Crippen LogP) is -0.126. The summed E-state index contributed by atoms with van der Waals surface area (Å²) in [6.07, 6.45) is 0.330. The fraction of sp³-hybridized carbons (Fsp3) is 0.353. The molecule has 26 heavy (non-hydrogen) atoms. The number of imide groups is 1. The van der Waals surface area contributed by atoms with Gasteiger partial charge in [-0.3, -0.25) is 29.1 Å². The Labute approximate surface area is 147 Å². The van der Waals surface area contributed by atoms with Crippen LogP contribution < -0.4 is 0 Å². The molecule has 134 valence electrons. The van der Waals surface area contributed by atoms with Crippen LogP contribution in [0, 0.1) is 0 Å². The molecule has 3 aliphatic heterocycles. The van der Waals surface area contributed by atoms with Gasteiger partial charge in [0.15, 0.2) is 6.04 Å². The molecule has 1 aromatic rings. The van der Waals surface area contributed by atoms with Crippen LogP contribution in [-0.2, 0) is 14.4 Å². The van der Waals surface area contributed by atoms with E-state index < -0.39 is 41.7 Å². The average Bonchev–Trinajstić information content (AvgIpc) is 2.89. The minimum atomic E-state index is -1.33. The van der Waals surface area contributed by atoms with Gasteiger partial charge >= 0.3 is 5.97 Å². The largest absolute Gasteiger partial charge is 0.480 e. The summed E-state index contributed by atoms with van der Waals surface area (Å²) in [6, 6.07) is 3.67. The molecule has 2 atom stereocenters. The Kier molecular flexibility index (Phi) is 3.53. The number of rotatable bonds is 2. The molecule has 0 spiro atoms. The number of nitrogens with zero attached hydrogens (tertiary/aromatic N) is 3. The van der Waals surface area contributed by atoms with Crippen LogP contribution in [0.1, 0.15) is 40.0 Å². The highest BCUT2D eigenvalue weighted by atomic mass is 16.4. The number of carbonyl (C=O) groups is 5. The molecule has 1 aromatic carbocycles. The van der Waals surface area contributed by atoms with Gasteiger partial charge in [0, 0.05) is 6.54 Å². The molecule has 2 saturated heterocycles. The van der Waals surface area contributed by atoms with E-state index in [-0.39, 0.29) is 30.5 Å². The highest BCUT2D eigenvalue weighted by molar-refractivity contribution is 6.23. The van der Waals surface area contributed by atoms with Crippen LogP contribution in [0.15, 0.2) is 24.3 Å². The lowest BCUT2D eigenvalue weighted by Gasteiger charge is -2.47. The molecule has 3 aliphatic rings. The molecule has 9 nitrogen and oxygen atoms in total. The molecule has 0 aromatic heterocycles. The van der Waals surface area contributed by atoms with Crippen LogP contribution in [0.25, 0.3) is 0 Å². The Bertz CT molecular complexity index is 825. The Morgan fingerprint density at radius 3 is 2.23 bits per heavy atom. The summed E-state index contributed by atoms with van der Waals surface area (Å²) in [5.41, 5.74) is 0.349. The first kappa shape index (κ1) is 16.2. The van der Waals surface area contributed by atoms with Gasteiger partial charge in [0.25, 0.3) is 17.7 Å². The van der Waals surface area contributed by atoms with Crippen molar-refractivity contribution < 1.29 is 29.1 Å². The van der Waals surface area contributed by atoms with E-state index in [4.69, 9.17) is 0 Å². The third kappa shape index (κ3) is 2.13. The maximum Gasteiger partial charge on any atom is 0.328 e. The van der Waals surface area contributed by atoms with Crippen molar-refractivity contribution in [2.75, 3.05) is 6.54 Å². The van der Waals surface area contributed by atoms with Crippen molar-refractivity contribution in [3.63, 3.8) is 0 Å². The van der Waals surface area contributed by atoms with Crippen molar-refractivity contribution in [2.45, 2.75) is 31.3 Å². The minimum absolute atomic E-state index is 0.175. The first-order valence-corrected chi connectivity index (χ1v) is 8.25. The highest BCUT2D eigenvalue weighted by Crippen LogP contribution is 2.32. The van der Waals surface area contributed by atoms with Crippen LogP contribution in [0.3, 0.4) is 0 Å². The summed E-state index contributed by atoms with van der Waals surface area (Å²) < 4.78 is 0. The Balaban J connectivity index is 1.71. The molecule has 0 saturated carbocycles. The first-order chi connectivity index (χ1) is 12.4. The van der Waals surface area contributed by atoms with E-state index in [2.05, 4.69) is 0 Å². The number of fused-ring (bicyclic) bond motifs is 2. The Morgan fingerprint density at radius 1 is 1.04 bits per heavy atom. The number of hydrogen-bond acceptors (Lipinski definition) is 5. The van der Waals surface area contributed by atoms with Gasteiger partial charge in [-0.1, -0.05) is 12.1 Å². The standard InChI is InChI=1S/C17H15N3O6/c21-13-8-12(16(24)20-11(17(25)26)6-3-7-18(13)20)19-14(22)9-4-1-2-5-10(9)15(19)23/h1-2,4-5,11-12H,3,6-8H2,(H,25,26)/t11?,12-/m0/s1. The topological polar surface area (TPSA) is 115 Å². The lowest BCUT2D eigenvalue weighted by Crippen LogP contribution is -2.68. The zero-order valence-corrected chi connectivity index (χ0v) is 13.6. The number of hydrazine groups is 1. The molecule has 1 N–H and O–H groups in total. The van der Waals surface area contributed by atoms with Gasteiger partial charge in [-0.2, -0.15) is 0 Å². The molecule has 0 aliphatic carbocycles. The van der Waals surface area contributed by atoms with Gasteiger partial charge in [-0.25, -0.2) is 9.80 Å². The van der Waals surface area contributed by atoms with Crippen LogP contribution in [0.4, 0.5) is 0 Å². The summed E-state index contributed by atoms with van der Waals surface area (Å²) in [4.78, 5) is 63.0. The minimum Gasteiger partial charge on any atom is -0.480 e. The number of hydrogen-bond donors (Lipinski definition) is 1. The number of carboxylic acids is 1. The molecule has 0 bridgehead atoms. The third-order valence-electron chi connectivity index (χ3n) is 4.99. The first-order valence-electron chi connectivity index (χ1n) is 8.25. The van der Waals surface area contributed by atoms with Crippen molar-refractivity contribution >= 4 is 29.6 Å². The maximum atomic E-state index is 13.0. The van der Waals surface area contributed by atoms with Crippen molar-refractivity contribution in [1.82, 2.24) is 14.9 Å². The van der Waals surface area contributed by atoms with E-state index in [1.807, 2.05) is 0 Å². The van der Waals surface area contributed by atoms with E-state index in [0.29, 0.717) is 6.42 Å². The second-order valence-corrected chi connectivity index (χ2v) is 6.44. The van der Waals surface area contributed by atoms with E-state index in [1.54, 1.807) is 12.1 Å². The second kappa shape index (κ2) is 5.65. The summed E-state index contributed by atoms with van der Waals surface area (Å²) in [5.74, 6) is -3.70. The average molecular weight is 357 g/mol. The van der Waals surface area contributed by atoms with E-state index in [1.165, 1.54) is 12.1 Å². The third-order valence-corrected chi connectivity index (χ3v) is 4.99. The van der Waals surface area contributed by atoms with E-state index in [0.717, 1.165) is 14.9 Å². The van der Waals surface area contributed by atoms with Crippen LogP contribution in [-0.4, -0.2) is 68.3 Å². The molecule has 1 unspecified atom stereocenters. The molecule has 4 amide bonds. The lowest BCUT2D eigenvalue weighted by molar-refractivity contribution is -0.191. The lowest BCUT2D eigenvalue weighted by atomic mass is 10.0. The molecule has 9 heteroatoms.